The van der Waals surface area contributed by atoms with Gasteiger partial charge in [0, 0.05) is 73.5 Å². The van der Waals surface area contributed by atoms with Crippen molar-refractivity contribution in [1.29, 1.82) is 0 Å². The average Bonchev–Trinajstić information content (AvgIpc) is 3.27. The molecule has 3 aromatic rings. The Morgan fingerprint density at radius 2 is 1.98 bits per heavy atom. The van der Waals surface area contributed by atoms with Gasteiger partial charge in [-0.05, 0) is 64.4 Å². The summed E-state index contributed by atoms with van der Waals surface area (Å²) in [7, 11) is 1.91. The van der Waals surface area contributed by atoms with Crippen LogP contribution in [0.3, 0.4) is 0 Å². The second-order valence-corrected chi connectivity index (χ2v) is 11.5. The maximum atomic E-state index is 12.4. The molecule has 0 unspecified atom stereocenters. The summed E-state index contributed by atoms with van der Waals surface area (Å²) in [6.07, 6.45) is 9.98. The lowest BCUT2D eigenvalue weighted by Gasteiger charge is -2.47. The van der Waals surface area contributed by atoms with Gasteiger partial charge in [-0.2, -0.15) is 5.10 Å². The lowest BCUT2D eigenvalue weighted by atomic mass is 9.90. The molecule has 0 atom stereocenters. The summed E-state index contributed by atoms with van der Waals surface area (Å²) in [6.45, 7) is 9.22. The zero-order chi connectivity index (χ0) is 29.4. The van der Waals surface area contributed by atoms with E-state index in [0.717, 1.165) is 71.3 Å². The standard InChI is InChI=1S/C31H37N7O4/c1-19(2)42-29(40)6-5-28(39)38-16-23(17-38)37-11-8-21(9-12-37)26-13-27-30(20(3)34-26)41-18-25-24(7-10-32-31(25)35-27)22-14-33-36(4)15-22/h5-7,10,13-15,19,21,23H,8-9,11-12,16-18H2,1-4H3,(H,32,35)/b6-5+. The van der Waals surface area contributed by atoms with Crippen molar-refractivity contribution in [2.45, 2.75) is 58.3 Å². The highest BCUT2D eigenvalue weighted by atomic mass is 16.5. The van der Waals surface area contributed by atoms with Crippen molar-refractivity contribution >= 4 is 23.4 Å². The van der Waals surface area contributed by atoms with E-state index in [2.05, 4.69) is 26.4 Å². The van der Waals surface area contributed by atoms with Crippen molar-refractivity contribution in [2.75, 3.05) is 31.5 Å². The van der Waals surface area contributed by atoms with Crippen LogP contribution in [0.5, 0.6) is 5.75 Å². The Kier molecular flexibility index (Phi) is 7.68. The molecule has 0 aromatic carbocycles. The lowest BCUT2D eigenvalue weighted by molar-refractivity contribution is -0.142. The van der Waals surface area contributed by atoms with Crippen LogP contribution in [0.2, 0.25) is 0 Å². The van der Waals surface area contributed by atoms with Crippen LogP contribution in [0.15, 0.2) is 42.9 Å². The van der Waals surface area contributed by atoms with Crippen LogP contribution >= 0.6 is 0 Å². The number of hydrogen-bond donors (Lipinski definition) is 1. The summed E-state index contributed by atoms with van der Waals surface area (Å²) in [5, 5.41) is 7.87. The van der Waals surface area contributed by atoms with Crippen LogP contribution in [-0.4, -0.2) is 79.7 Å². The molecule has 0 saturated carbocycles. The Morgan fingerprint density at radius 1 is 1.19 bits per heavy atom. The molecule has 2 fully saturated rings. The topological polar surface area (TPSA) is 115 Å². The number of pyridine rings is 2. The first-order chi connectivity index (χ1) is 20.2. The highest BCUT2D eigenvalue weighted by Gasteiger charge is 2.36. The van der Waals surface area contributed by atoms with Gasteiger partial charge in [-0.3, -0.25) is 19.4 Å². The largest absolute Gasteiger partial charge is 0.485 e. The van der Waals surface area contributed by atoms with E-state index >= 15 is 0 Å². The van der Waals surface area contributed by atoms with E-state index in [9.17, 15) is 9.59 Å². The number of nitrogens with zero attached hydrogens (tertiary/aromatic N) is 6. The number of hydrogen-bond acceptors (Lipinski definition) is 9. The van der Waals surface area contributed by atoms with Crippen LogP contribution in [-0.2, 0) is 28.0 Å². The number of nitrogens with one attached hydrogen (secondary N) is 1. The first-order valence-electron chi connectivity index (χ1n) is 14.5. The SMILES string of the molecule is Cc1nc(C2CCN(C3CN(C(=O)/C=C/C(=O)OC(C)C)C3)CC2)cc2c1OCc1c(-c3cnn(C)c3)ccnc1N2. The fourth-order valence-corrected chi connectivity index (χ4v) is 5.96. The number of anilines is 2. The minimum absolute atomic E-state index is 0.148. The zero-order valence-corrected chi connectivity index (χ0v) is 24.5. The number of piperidine rings is 1. The van der Waals surface area contributed by atoms with Crippen molar-refractivity contribution < 1.29 is 19.1 Å². The van der Waals surface area contributed by atoms with Crippen molar-refractivity contribution in [2.24, 2.45) is 7.05 Å². The number of aryl methyl sites for hydroxylation is 2. The molecule has 11 nitrogen and oxygen atoms in total. The van der Waals surface area contributed by atoms with Gasteiger partial charge in [0.15, 0.2) is 5.75 Å². The van der Waals surface area contributed by atoms with Gasteiger partial charge in [0.25, 0.3) is 0 Å². The number of aromatic nitrogens is 4. The van der Waals surface area contributed by atoms with Crippen molar-refractivity contribution in [3.63, 3.8) is 0 Å². The number of amides is 1. The summed E-state index contributed by atoms with van der Waals surface area (Å²) in [6, 6.07) is 4.47. The molecule has 220 valence electrons. The Hall–Kier alpha value is -4.25. The van der Waals surface area contributed by atoms with Crippen LogP contribution in [0.25, 0.3) is 11.1 Å². The van der Waals surface area contributed by atoms with Crippen LogP contribution in [0.4, 0.5) is 11.5 Å². The molecular weight excluding hydrogens is 534 g/mol. The summed E-state index contributed by atoms with van der Waals surface area (Å²) >= 11 is 0. The minimum Gasteiger partial charge on any atom is -0.485 e. The summed E-state index contributed by atoms with van der Waals surface area (Å²) in [5.41, 5.74) is 5.90. The number of esters is 1. The van der Waals surface area contributed by atoms with Gasteiger partial charge < -0.3 is 19.7 Å². The normalized spacial score (nSPS) is 17.7. The Morgan fingerprint density at radius 3 is 2.69 bits per heavy atom. The highest BCUT2D eigenvalue weighted by molar-refractivity contribution is 5.95. The molecule has 3 aromatic heterocycles. The van der Waals surface area contributed by atoms with Gasteiger partial charge in [0.05, 0.1) is 23.7 Å². The molecule has 0 radical (unpaired) electrons. The van der Waals surface area contributed by atoms with E-state index < -0.39 is 5.97 Å². The van der Waals surface area contributed by atoms with E-state index in [1.807, 2.05) is 38.6 Å². The minimum atomic E-state index is -0.490. The van der Waals surface area contributed by atoms with Gasteiger partial charge in [-0.1, -0.05) is 0 Å². The summed E-state index contributed by atoms with van der Waals surface area (Å²) < 4.78 is 13.1. The van der Waals surface area contributed by atoms with Crippen molar-refractivity contribution in [3.8, 4) is 16.9 Å². The zero-order valence-electron chi connectivity index (χ0n) is 24.5. The summed E-state index contributed by atoms with van der Waals surface area (Å²) in [5.74, 6) is 1.26. The van der Waals surface area contributed by atoms with Crippen LogP contribution in [0, 0.1) is 6.92 Å². The Labute approximate surface area is 245 Å². The van der Waals surface area contributed by atoms with E-state index in [0.29, 0.717) is 31.7 Å². The van der Waals surface area contributed by atoms with Crippen LogP contribution in [0.1, 0.15) is 49.6 Å². The summed E-state index contributed by atoms with van der Waals surface area (Å²) in [4.78, 5) is 37.9. The predicted molar refractivity (Wildman–Crippen MR) is 157 cm³/mol. The van der Waals surface area contributed by atoms with Gasteiger partial charge >= 0.3 is 5.97 Å². The molecule has 0 bridgehead atoms. The van der Waals surface area contributed by atoms with Gasteiger partial charge in [0.2, 0.25) is 5.91 Å². The first kappa shape index (κ1) is 27.9. The number of ether oxygens (including phenoxy) is 2. The average molecular weight is 572 g/mol. The van der Waals surface area contributed by atoms with E-state index in [1.165, 1.54) is 12.2 Å². The number of likely N-dealkylation sites (tertiary alicyclic amines) is 2. The maximum absolute atomic E-state index is 12.4. The maximum Gasteiger partial charge on any atom is 0.331 e. The molecule has 6 rings (SSSR count). The second kappa shape index (κ2) is 11.6. The quantitative estimate of drug-likeness (QED) is 0.349. The van der Waals surface area contributed by atoms with Crippen LogP contribution < -0.4 is 10.1 Å². The fourth-order valence-electron chi connectivity index (χ4n) is 5.96. The third kappa shape index (κ3) is 5.74. The number of carbonyl (C=O) groups excluding carboxylic acids is 2. The molecule has 2 saturated heterocycles. The molecule has 11 heteroatoms. The molecule has 0 spiro atoms. The molecule has 1 N–H and O–H groups in total. The van der Waals surface area contributed by atoms with E-state index in [1.54, 1.807) is 23.4 Å². The highest BCUT2D eigenvalue weighted by Crippen LogP contribution is 2.40. The smallest absolute Gasteiger partial charge is 0.331 e. The molecule has 42 heavy (non-hydrogen) atoms. The predicted octanol–water partition coefficient (Wildman–Crippen LogP) is 3.72. The third-order valence-electron chi connectivity index (χ3n) is 8.20. The number of fused-ring (bicyclic) bond motifs is 2. The lowest BCUT2D eigenvalue weighted by Crippen LogP contribution is -2.61. The van der Waals surface area contributed by atoms with Gasteiger partial charge in [0.1, 0.15) is 12.4 Å². The first-order valence-corrected chi connectivity index (χ1v) is 14.5. The number of rotatable bonds is 6. The molecular formula is C31H37N7O4. The fraction of sp³-hybridized carbons (Fsp3) is 0.452. The molecule has 3 aliphatic heterocycles. The molecule has 3 aliphatic rings. The number of carbonyl (C=O) groups is 2. The molecule has 0 aliphatic carbocycles. The molecule has 1 amide bonds. The van der Waals surface area contributed by atoms with Gasteiger partial charge in [-0.25, -0.2) is 9.78 Å². The second-order valence-electron chi connectivity index (χ2n) is 11.5. The Bertz CT molecular complexity index is 1520. The van der Waals surface area contributed by atoms with E-state index in [-0.39, 0.29) is 12.0 Å². The van der Waals surface area contributed by atoms with Crippen molar-refractivity contribution in [1.82, 2.24) is 29.5 Å². The van der Waals surface area contributed by atoms with Gasteiger partial charge in [-0.15, -0.1) is 0 Å². The third-order valence-corrected chi connectivity index (χ3v) is 8.20. The molecule has 6 heterocycles. The van der Waals surface area contributed by atoms with Crippen molar-refractivity contribution in [3.05, 3.63) is 59.8 Å². The monoisotopic (exact) mass is 571 g/mol. The van der Waals surface area contributed by atoms with E-state index in [4.69, 9.17) is 14.5 Å². The Balaban J connectivity index is 1.07.